The molecule has 1 unspecified atom stereocenters. The Labute approximate surface area is 164 Å². The maximum atomic E-state index is 12.8. The number of hydrogen-bond donors (Lipinski definition) is 1. The SMILES string of the molecule is [2H]C([2H])([2H])C([2H])(C([2H])([2H])[2H])C([2H])([2H])NC(=O)C1CCN(C2CCCN(C(=O)OCC)CC2)CC1. The Bertz CT molecular complexity index is 708. The molecule has 0 saturated carbocycles. The van der Waals surface area contributed by atoms with Gasteiger partial charge in [0.05, 0.1) is 6.61 Å². The highest BCUT2D eigenvalue weighted by atomic mass is 16.6. The zero-order valence-corrected chi connectivity index (χ0v) is 14.8. The van der Waals surface area contributed by atoms with Crippen LogP contribution in [0, 0.1) is 11.8 Å². The molecule has 2 rings (SSSR count). The van der Waals surface area contributed by atoms with E-state index in [-0.39, 0.29) is 12.1 Å². The number of rotatable bonds is 5. The van der Waals surface area contributed by atoms with E-state index in [0.29, 0.717) is 45.6 Å². The fourth-order valence-electron chi connectivity index (χ4n) is 3.59. The molecule has 2 heterocycles. The summed E-state index contributed by atoms with van der Waals surface area (Å²) >= 11 is 0. The third kappa shape index (κ3) is 6.17. The van der Waals surface area contributed by atoms with E-state index in [2.05, 4.69) is 4.90 Å². The summed E-state index contributed by atoms with van der Waals surface area (Å²) < 4.78 is 73.9. The molecule has 2 aliphatic heterocycles. The molecule has 0 bridgehead atoms. The quantitative estimate of drug-likeness (QED) is 0.816. The van der Waals surface area contributed by atoms with Crippen molar-refractivity contribution in [2.75, 3.05) is 39.3 Å². The van der Waals surface area contributed by atoms with Gasteiger partial charge in [0.2, 0.25) is 5.91 Å². The lowest BCUT2D eigenvalue weighted by atomic mass is 9.93. The lowest BCUT2D eigenvalue weighted by Gasteiger charge is -2.37. The van der Waals surface area contributed by atoms with Gasteiger partial charge in [0.15, 0.2) is 0 Å². The fraction of sp³-hybridized carbons (Fsp3) is 0.895. The van der Waals surface area contributed by atoms with Crippen molar-refractivity contribution in [3.63, 3.8) is 0 Å². The molecule has 144 valence electrons. The van der Waals surface area contributed by atoms with Crippen LogP contribution in [0.4, 0.5) is 4.79 Å². The second-order valence-electron chi connectivity index (χ2n) is 6.57. The summed E-state index contributed by atoms with van der Waals surface area (Å²) in [6.07, 6.45) is 2.98. The molecule has 0 spiro atoms. The van der Waals surface area contributed by atoms with E-state index in [1.165, 1.54) is 0 Å². The van der Waals surface area contributed by atoms with Crippen LogP contribution >= 0.6 is 0 Å². The Hall–Kier alpha value is -1.30. The standard InChI is InChI=1S/C19H35N3O3/c1-4-25-19(24)22-10-5-6-17(9-13-22)21-11-7-16(8-12-21)18(23)20-14-15(2)3/h15-17H,4-14H2,1-3H3,(H,20,23)/i2D3,3D3,14D2,15D. The minimum Gasteiger partial charge on any atom is -0.450 e. The topological polar surface area (TPSA) is 61.9 Å². The minimum absolute atomic E-state index is 0.238. The van der Waals surface area contributed by atoms with Crippen molar-refractivity contribution in [2.24, 2.45) is 11.8 Å². The smallest absolute Gasteiger partial charge is 0.409 e. The predicted molar refractivity (Wildman–Crippen MR) is 98.4 cm³/mol. The van der Waals surface area contributed by atoms with Crippen molar-refractivity contribution in [1.82, 2.24) is 15.1 Å². The molecule has 1 N–H and O–H groups in total. The molecular weight excluding hydrogens is 318 g/mol. The van der Waals surface area contributed by atoms with Gasteiger partial charge in [-0.2, -0.15) is 0 Å². The first-order chi connectivity index (χ1) is 15.5. The Balaban J connectivity index is 1.96. The normalized spacial score (nSPS) is 30.7. The zero-order chi connectivity index (χ0) is 25.9. The van der Waals surface area contributed by atoms with Crippen molar-refractivity contribution >= 4 is 12.0 Å². The molecule has 1 atom stereocenters. The highest BCUT2D eigenvalue weighted by Gasteiger charge is 2.30. The van der Waals surface area contributed by atoms with Crippen LogP contribution in [0.3, 0.4) is 0 Å². The second-order valence-corrected chi connectivity index (χ2v) is 6.57. The van der Waals surface area contributed by atoms with Crippen LogP contribution in [0.1, 0.15) is 65.1 Å². The van der Waals surface area contributed by atoms with Gasteiger partial charge in [0.1, 0.15) is 0 Å². The Kier molecular flexibility index (Phi) is 4.30. The molecule has 6 nitrogen and oxygen atoms in total. The third-order valence-electron chi connectivity index (χ3n) is 4.95. The molecule has 2 fully saturated rings. The number of carbonyl (C=O) groups excluding carboxylic acids is 2. The van der Waals surface area contributed by atoms with Gasteiger partial charge in [-0.3, -0.25) is 4.79 Å². The summed E-state index contributed by atoms with van der Waals surface area (Å²) in [5.41, 5.74) is 0. The first-order valence-electron chi connectivity index (χ1n) is 13.5. The van der Waals surface area contributed by atoms with Gasteiger partial charge < -0.3 is 19.9 Å². The van der Waals surface area contributed by atoms with Crippen LogP contribution in [-0.4, -0.2) is 67.1 Å². The lowest BCUT2D eigenvalue weighted by molar-refractivity contribution is -0.126. The molecule has 2 amide bonds. The van der Waals surface area contributed by atoms with Crippen LogP contribution in [0.25, 0.3) is 0 Å². The average molecular weight is 363 g/mol. The van der Waals surface area contributed by atoms with E-state index in [1.54, 1.807) is 11.8 Å². The molecule has 0 aromatic carbocycles. The minimum atomic E-state index is -3.52. The number of ether oxygens (including phenoxy) is 1. The first kappa shape index (κ1) is 10.8. The van der Waals surface area contributed by atoms with Crippen molar-refractivity contribution < 1.29 is 26.7 Å². The largest absolute Gasteiger partial charge is 0.450 e. The molecule has 25 heavy (non-hydrogen) atoms. The van der Waals surface area contributed by atoms with E-state index >= 15 is 0 Å². The highest BCUT2D eigenvalue weighted by molar-refractivity contribution is 5.78. The highest BCUT2D eigenvalue weighted by Crippen LogP contribution is 2.24. The van der Waals surface area contributed by atoms with Crippen LogP contribution in [0.2, 0.25) is 0 Å². The van der Waals surface area contributed by atoms with Crippen LogP contribution in [-0.2, 0) is 9.53 Å². The Morgan fingerprint density at radius 1 is 1.24 bits per heavy atom. The van der Waals surface area contributed by atoms with Gasteiger partial charge >= 0.3 is 6.09 Å². The van der Waals surface area contributed by atoms with Crippen molar-refractivity contribution in [3.8, 4) is 0 Å². The lowest BCUT2D eigenvalue weighted by Crippen LogP contribution is -2.45. The van der Waals surface area contributed by atoms with Crippen molar-refractivity contribution in [2.45, 2.75) is 58.8 Å². The summed E-state index contributed by atoms with van der Waals surface area (Å²) in [6.45, 7) is -5.84. The number of amides is 2. The number of likely N-dealkylation sites (tertiary alicyclic amines) is 2. The zero-order valence-electron chi connectivity index (χ0n) is 23.8. The number of carbonyl (C=O) groups is 2. The molecule has 0 aromatic rings. The van der Waals surface area contributed by atoms with Gasteiger partial charge in [-0.05, 0) is 58.0 Å². The van der Waals surface area contributed by atoms with Gasteiger partial charge in [-0.1, -0.05) is 13.7 Å². The van der Waals surface area contributed by atoms with Crippen LogP contribution in [0.15, 0.2) is 0 Å². The molecule has 2 saturated heterocycles. The van der Waals surface area contributed by atoms with Crippen LogP contribution < -0.4 is 5.32 Å². The maximum Gasteiger partial charge on any atom is 0.409 e. The molecule has 0 aromatic heterocycles. The number of piperidine rings is 1. The monoisotopic (exact) mass is 362 g/mol. The Morgan fingerprint density at radius 3 is 2.68 bits per heavy atom. The first-order valence-corrected chi connectivity index (χ1v) is 9.03. The molecular formula is C19H35N3O3. The summed E-state index contributed by atoms with van der Waals surface area (Å²) in [5.74, 6) is -4.93. The Morgan fingerprint density at radius 2 is 2.00 bits per heavy atom. The summed E-state index contributed by atoms with van der Waals surface area (Å²) in [7, 11) is 0. The second kappa shape index (κ2) is 10.00. The van der Waals surface area contributed by atoms with Gasteiger partial charge in [0, 0.05) is 43.9 Å². The third-order valence-corrected chi connectivity index (χ3v) is 4.95. The van der Waals surface area contributed by atoms with E-state index < -0.39 is 37.9 Å². The van der Waals surface area contributed by atoms with E-state index in [0.717, 1.165) is 19.3 Å². The molecule has 2 aliphatic rings. The van der Waals surface area contributed by atoms with Gasteiger partial charge in [-0.15, -0.1) is 0 Å². The van der Waals surface area contributed by atoms with Gasteiger partial charge in [0.25, 0.3) is 0 Å². The summed E-state index contributed by atoms with van der Waals surface area (Å²) in [4.78, 5) is 28.7. The number of hydrogen-bond acceptors (Lipinski definition) is 4. The summed E-state index contributed by atoms with van der Waals surface area (Å²) in [5, 5.41) is 1.92. The molecule has 0 radical (unpaired) electrons. The van der Waals surface area contributed by atoms with Crippen LogP contribution in [0.5, 0.6) is 0 Å². The number of nitrogens with zero attached hydrogens (tertiary/aromatic N) is 2. The van der Waals surface area contributed by atoms with Crippen molar-refractivity contribution in [3.05, 3.63) is 0 Å². The molecule has 6 heteroatoms. The van der Waals surface area contributed by atoms with E-state index in [9.17, 15) is 9.59 Å². The van der Waals surface area contributed by atoms with Gasteiger partial charge in [-0.25, -0.2) is 4.79 Å². The van der Waals surface area contributed by atoms with E-state index in [1.807, 2.05) is 5.32 Å². The molecule has 0 aliphatic carbocycles. The summed E-state index contributed by atoms with van der Waals surface area (Å²) in [6, 6.07) is 0.238. The average Bonchev–Trinajstić information content (AvgIpc) is 2.97. The predicted octanol–water partition coefficient (Wildman–Crippen LogP) is 2.48. The number of nitrogens with one attached hydrogen (secondary N) is 1. The van der Waals surface area contributed by atoms with Crippen molar-refractivity contribution in [1.29, 1.82) is 0 Å². The maximum absolute atomic E-state index is 12.8. The fourth-order valence-corrected chi connectivity index (χ4v) is 3.59. The van der Waals surface area contributed by atoms with E-state index in [4.69, 9.17) is 17.1 Å².